The second-order valence-corrected chi connectivity index (χ2v) is 3.76. The van der Waals surface area contributed by atoms with E-state index in [1.807, 2.05) is 24.3 Å². The van der Waals surface area contributed by atoms with E-state index in [-0.39, 0.29) is 35.3 Å². The van der Waals surface area contributed by atoms with Gasteiger partial charge in [-0.25, -0.2) is 0 Å². The van der Waals surface area contributed by atoms with Crippen molar-refractivity contribution in [3.05, 3.63) is 59.1 Å². The van der Waals surface area contributed by atoms with Crippen molar-refractivity contribution in [3.8, 4) is 11.5 Å². The van der Waals surface area contributed by atoms with Gasteiger partial charge in [-0.2, -0.15) is 0 Å². The van der Waals surface area contributed by atoms with Crippen LogP contribution in [0.3, 0.4) is 0 Å². The molecule has 0 bridgehead atoms. The van der Waals surface area contributed by atoms with E-state index < -0.39 is 0 Å². The van der Waals surface area contributed by atoms with Gasteiger partial charge in [-0.15, -0.1) is 5.75 Å². The average molecular weight is 257 g/mol. The third-order valence-corrected chi connectivity index (χ3v) is 2.53. The van der Waals surface area contributed by atoms with Gasteiger partial charge in [0.2, 0.25) is 0 Å². The standard InChI is InChI=1S/C13H11ClO2.Na/c14-13-7-2-1-4-10(13)9-16-12-6-3-5-11(15)8-12;/h1-8,15H,9H2;/q;+1/p-1. The summed E-state index contributed by atoms with van der Waals surface area (Å²) in [6.07, 6.45) is 0. The van der Waals surface area contributed by atoms with Crippen molar-refractivity contribution in [3.63, 3.8) is 0 Å². The summed E-state index contributed by atoms with van der Waals surface area (Å²) >= 11 is 5.98. The Morgan fingerprint density at radius 1 is 1.06 bits per heavy atom. The van der Waals surface area contributed by atoms with Gasteiger partial charge in [-0.3, -0.25) is 0 Å². The molecule has 0 amide bonds. The van der Waals surface area contributed by atoms with Crippen LogP contribution in [0, 0.1) is 0 Å². The van der Waals surface area contributed by atoms with Crippen LogP contribution in [-0.4, -0.2) is 0 Å². The molecule has 0 fully saturated rings. The van der Waals surface area contributed by atoms with Crippen molar-refractivity contribution >= 4 is 11.6 Å². The van der Waals surface area contributed by atoms with Crippen molar-refractivity contribution < 1.29 is 39.4 Å². The fraction of sp³-hybridized carbons (Fsp3) is 0.0769. The topological polar surface area (TPSA) is 32.3 Å². The Morgan fingerprint density at radius 3 is 2.53 bits per heavy atom. The Kier molecular flexibility index (Phi) is 5.86. The van der Waals surface area contributed by atoms with Gasteiger partial charge < -0.3 is 9.84 Å². The van der Waals surface area contributed by atoms with Crippen LogP contribution in [0.1, 0.15) is 5.56 Å². The number of benzene rings is 2. The van der Waals surface area contributed by atoms with Gasteiger partial charge in [0.1, 0.15) is 12.4 Å². The zero-order valence-electron chi connectivity index (χ0n) is 9.52. The first-order valence-corrected chi connectivity index (χ1v) is 5.27. The van der Waals surface area contributed by atoms with E-state index in [9.17, 15) is 5.11 Å². The predicted molar refractivity (Wildman–Crippen MR) is 61.7 cm³/mol. The normalized spacial score (nSPS) is 9.47. The number of hydrogen-bond acceptors (Lipinski definition) is 2. The molecule has 17 heavy (non-hydrogen) atoms. The van der Waals surface area contributed by atoms with E-state index in [1.54, 1.807) is 12.1 Å². The molecule has 0 spiro atoms. The van der Waals surface area contributed by atoms with Gasteiger partial charge in [0, 0.05) is 10.6 Å². The molecule has 2 aromatic carbocycles. The van der Waals surface area contributed by atoms with E-state index in [0.717, 1.165) is 5.56 Å². The predicted octanol–water partition coefficient (Wildman–Crippen LogP) is -0.00340. The first-order valence-electron chi connectivity index (χ1n) is 4.89. The average Bonchev–Trinajstić information content (AvgIpc) is 2.28. The third kappa shape index (κ3) is 4.25. The molecular formula is C13H10ClNaO2. The maximum absolute atomic E-state index is 11.1. The van der Waals surface area contributed by atoms with Crippen LogP contribution >= 0.6 is 11.6 Å². The van der Waals surface area contributed by atoms with Gasteiger partial charge in [0.15, 0.2) is 0 Å². The van der Waals surface area contributed by atoms with Crippen molar-refractivity contribution in [1.82, 2.24) is 0 Å². The fourth-order valence-electron chi connectivity index (χ4n) is 1.34. The Balaban J connectivity index is 0.00000144. The Morgan fingerprint density at radius 2 is 1.82 bits per heavy atom. The summed E-state index contributed by atoms with van der Waals surface area (Å²) in [4.78, 5) is 0. The van der Waals surface area contributed by atoms with Crippen LogP contribution in [0.5, 0.6) is 11.5 Å². The SMILES string of the molecule is [Na+].[O-]c1cccc(OCc2ccccc2Cl)c1. The van der Waals surface area contributed by atoms with E-state index in [2.05, 4.69) is 0 Å². The second kappa shape index (κ2) is 6.92. The molecule has 2 nitrogen and oxygen atoms in total. The number of ether oxygens (including phenoxy) is 1. The van der Waals surface area contributed by atoms with Crippen LogP contribution < -0.4 is 39.4 Å². The molecular weight excluding hydrogens is 247 g/mol. The summed E-state index contributed by atoms with van der Waals surface area (Å²) < 4.78 is 5.47. The van der Waals surface area contributed by atoms with E-state index in [4.69, 9.17) is 16.3 Å². The molecule has 0 aromatic heterocycles. The molecule has 0 heterocycles. The van der Waals surface area contributed by atoms with Gasteiger partial charge in [-0.05, 0) is 18.2 Å². The number of rotatable bonds is 3. The summed E-state index contributed by atoms with van der Waals surface area (Å²) in [5.74, 6) is 0.504. The van der Waals surface area contributed by atoms with Crippen LogP contribution in [0.15, 0.2) is 48.5 Å². The first-order chi connectivity index (χ1) is 7.75. The van der Waals surface area contributed by atoms with Gasteiger partial charge >= 0.3 is 29.6 Å². The monoisotopic (exact) mass is 256 g/mol. The summed E-state index contributed by atoms with van der Waals surface area (Å²) in [7, 11) is 0. The van der Waals surface area contributed by atoms with Crippen LogP contribution in [0.2, 0.25) is 5.02 Å². The number of hydrogen-bond donors (Lipinski definition) is 0. The molecule has 2 rings (SSSR count). The molecule has 0 radical (unpaired) electrons. The minimum Gasteiger partial charge on any atom is -0.872 e. The minimum atomic E-state index is -0.0586. The zero-order valence-corrected chi connectivity index (χ0v) is 12.3. The molecule has 0 atom stereocenters. The van der Waals surface area contributed by atoms with E-state index >= 15 is 0 Å². The quantitative estimate of drug-likeness (QED) is 0.724. The molecule has 0 saturated carbocycles. The summed E-state index contributed by atoms with van der Waals surface area (Å²) in [5.41, 5.74) is 0.903. The second-order valence-electron chi connectivity index (χ2n) is 3.35. The largest absolute Gasteiger partial charge is 1.00 e. The fourth-order valence-corrected chi connectivity index (χ4v) is 1.53. The minimum absolute atomic E-state index is 0. The smallest absolute Gasteiger partial charge is 0.872 e. The Labute approximate surface area is 127 Å². The molecule has 0 aliphatic carbocycles. The molecule has 0 aliphatic rings. The summed E-state index contributed by atoms with van der Waals surface area (Å²) in [5, 5.41) is 11.7. The summed E-state index contributed by atoms with van der Waals surface area (Å²) in [6, 6.07) is 13.8. The van der Waals surface area contributed by atoms with Gasteiger partial charge in [0.05, 0.1) is 0 Å². The number of halogens is 1. The van der Waals surface area contributed by atoms with Crippen molar-refractivity contribution in [2.45, 2.75) is 6.61 Å². The maximum Gasteiger partial charge on any atom is 1.00 e. The van der Waals surface area contributed by atoms with Crippen LogP contribution in [0.4, 0.5) is 0 Å². The Bertz CT molecular complexity index is 488. The first kappa shape index (κ1) is 14.4. The Hall–Kier alpha value is -0.670. The van der Waals surface area contributed by atoms with Crippen LogP contribution in [0.25, 0.3) is 0 Å². The van der Waals surface area contributed by atoms with Gasteiger partial charge in [0.25, 0.3) is 0 Å². The molecule has 0 N–H and O–H groups in total. The van der Waals surface area contributed by atoms with E-state index in [0.29, 0.717) is 17.4 Å². The maximum atomic E-state index is 11.1. The van der Waals surface area contributed by atoms with Gasteiger partial charge in [-0.1, -0.05) is 41.9 Å². The molecule has 4 heteroatoms. The summed E-state index contributed by atoms with van der Waals surface area (Å²) in [6.45, 7) is 0.364. The van der Waals surface area contributed by atoms with Crippen LogP contribution in [-0.2, 0) is 6.61 Å². The molecule has 0 aliphatic heterocycles. The molecule has 0 unspecified atom stereocenters. The zero-order chi connectivity index (χ0) is 11.4. The molecule has 82 valence electrons. The third-order valence-electron chi connectivity index (χ3n) is 2.16. The molecule has 2 aromatic rings. The molecule has 0 saturated heterocycles. The van der Waals surface area contributed by atoms with E-state index in [1.165, 1.54) is 12.1 Å². The van der Waals surface area contributed by atoms with Crippen molar-refractivity contribution in [1.29, 1.82) is 0 Å². The van der Waals surface area contributed by atoms with Crippen molar-refractivity contribution in [2.24, 2.45) is 0 Å². The van der Waals surface area contributed by atoms with Crippen molar-refractivity contribution in [2.75, 3.05) is 0 Å².